The van der Waals surface area contributed by atoms with Crippen molar-refractivity contribution >= 4 is 21.4 Å². The quantitative estimate of drug-likeness (QED) is 0.716. The van der Waals surface area contributed by atoms with E-state index >= 15 is 0 Å². The van der Waals surface area contributed by atoms with E-state index in [0.29, 0.717) is 19.0 Å². The molecule has 7 nitrogen and oxygen atoms in total. The summed E-state index contributed by atoms with van der Waals surface area (Å²) in [5.74, 6) is 0.788. The molecule has 1 saturated heterocycles. The first-order chi connectivity index (χ1) is 13.0. The normalized spacial score (nSPS) is 16.8. The van der Waals surface area contributed by atoms with E-state index in [1.807, 2.05) is 11.4 Å². The number of hydrogen-bond acceptors (Lipinski definition) is 7. The molecule has 9 heteroatoms. The summed E-state index contributed by atoms with van der Waals surface area (Å²) in [7, 11) is -0.775. The second-order valence-electron chi connectivity index (χ2n) is 6.09. The molecule has 3 rings (SSSR count). The molecule has 1 aromatic heterocycles. The molecule has 148 valence electrons. The molecule has 0 bridgehead atoms. The standard InChI is InChI=1S/C18H24N2O5S2/c1-23-15-3-4-18(17(11-15)24-2)27(21,22)19-12-16(14-5-10-26-13-14)20-6-8-25-9-7-20/h3-5,10-11,13,16,19H,6-9,12H2,1-2H3. The maximum Gasteiger partial charge on any atom is 0.244 e. The van der Waals surface area contributed by atoms with Crippen molar-refractivity contribution in [3.8, 4) is 11.5 Å². The molecule has 1 aliphatic rings. The van der Waals surface area contributed by atoms with E-state index in [2.05, 4.69) is 15.0 Å². The zero-order chi connectivity index (χ0) is 19.3. The molecule has 0 amide bonds. The molecule has 0 aliphatic carbocycles. The van der Waals surface area contributed by atoms with Crippen LogP contribution in [0.4, 0.5) is 0 Å². The average Bonchev–Trinajstić information content (AvgIpc) is 3.22. The van der Waals surface area contributed by atoms with Gasteiger partial charge in [0.15, 0.2) is 0 Å². The zero-order valence-electron chi connectivity index (χ0n) is 15.4. The lowest BCUT2D eigenvalue weighted by atomic mass is 10.1. The molecule has 2 heterocycles. The summed E-state index contributed by atoms with van der Waals surface area (Å²) in [6.07, 6.45) is 0. The van der Waals surface area contributed by atoms with Gasteiger partial charge in [-0.1, -0.05) is 0 Å². The molecule has 0 radical (unpaired) electrons. The summed E-state index contributed by atoms with van der Waals surface area (Å²) in [6, 6.07) is 6.66. The minimum atomic E-state index is -3.74. The molecule has 1 aliphatic heterocycles. The molecular weight excluding hydrogens is 388 g/mol. The number of nitrogens with zero attached hydrogens (tertiary/aromatic N) is 1. The lowest BCUT2D eigenvalue weighted by molar-refractivity contribution is 0.0173. The third kappa shape index (κ3) is 4.80. The number of sulfonamides is 1. The smallest absolute Gasteiger partial charge is 0.244 e. The minimum Gasteiger partial charge on any atom is -0.497 e. The number of hydrogen-bond donors (Lipinski definition) is 1. The van der Waals surface area contributed by atoms with Gasteiger partial charge in [0.1, 0.15) is 16.4 Å². The lowest BCUT2D eigenvalue weighted by Gasteiger charge is -2.34. The highest BCUT2D eigenvalue weighted by Crippen LogP contribution is 2.29. The highest BCUT2D eigenvalue weighted by Gasteiger charge is 2.26. The topological polar surface area (TPSA) is 77.1 Å². The van der Waals surface area contributed by atoms with Crippen LogP contribution in [-0.2, 0) is 14.8 Å². The highest BCUT2D eigenvalue weighted by atomic mass is 32.2. The third-order valence-corrected chi connectivity index (χ3v) is 6.71. The van der Waals surface area contributed by atoms with E-state index in [9.17, 15) is 8.42 Å². The second-order valence-corrected chi connectivity index (χ2v) is 8.60. The Labute approximate surface area is 163 Å². The van der Waals surface area contributed by atoms with Crippen LogP contribution in [0.1, 0.15) is 11.6 Å². The van der Waals surface area contributed by atoms with Crippen LogP contribution in [0.25, 0.3) is 0 Å². The van der Waals surface area contributed by atoms with E-state index in [1.54, 1.807) is 23.5 Å². The highest BCUT2D eigenvalue weighted by molar-refractivity contribution is 7.89. The van der Waals surface area contributed by atoms with Crippen molar-refractivity contribution in [2.24, 2.45) is 0 Å². The van der Waals surface area contributed by atoms with Gasteiger partial charge in [0, 0.05) is 31.7 Å². The van der Waals surface area contributed by atoms with Crippen molar-refractivity contribution < 1.29 is 22.6 Å². The van der Waals surface area contributed by atoms with Crippen molar-refractivity contribution in [3.05, 3.63) is 40.6 Å². The van der Waals surface area contributed by atoms with E-state index in [1.165, 1.54) is 20.3 Å². The van der Waals surface area contributed by atoms with E-state index in [4.69, 9.17) is 14.2 Å². The Morgan fingerprint density at radius 1 is 1.22 bits per heavy atom. The van der Waals surface area contributed by atoms with Gasteiger partial charge in [0.05, 0.1) is 27.4 Å². The lowest BCUT2D eigenvalue weighted by Crippen LogP contribution is -2.43. The molecular formula is C18H24N2O5S2. The number of nitrogens with one attached hydrogen (secondary N) is 1. The van der Waals surface area contributed by atoms with Crippen LogP contribution in [0.15, 0.2) is 39.9 Å². The predicted octanol–water partition coefficient (Wildman–Crippen LogP) is 2.12. The van der Waals surface area contributed by atoms with Crippen LogP contribution >= 0.6 is 11.3 Å². The molecule has 2 aromatic rings. The van der Waals surface area contributed by atoms with Crippen molar-refractivity contribution in [1.29, 1.82) is 0 Å². The van der Waals surface area contributed by atoms with Gasteiger partial charge >= 0.3 is 0 Å². The summed E-state index contributed by atoms with van der Waals surface area (Å²) >= 11 is 1.60. The monoisotopic (exact) mass is 412 g/mol. The Kier molecular flexibility index (Phi) is 6.72. The largest absolute Gasteiger partial charge is 0.497 e. The fourth-order valence-electron chi connectivity index (χ4n) is 3.07. The number of thiophene rings is 1. The summed E-state index contributed by atoms with van der Waals surface area (Å²) < 4.78 is 44.3. The van der Waals surface area contributed by atoms with Crippen LogP contribution in [0.3, 0.4) is 0 Å². The van der Waals surface area contributed by atoms with Crippen molar-refractivity contribution in [1.82, 2.24) is 9.62 Å². The first-order valence-corrected chi connectivity index (χ1v) is 11.0. The Morgan fingerprint density at radius 2 is 2.00 bits per heavy atom. The van der Waals surface area contributed by atoms with Crippen molar-refractivity contribution in [2.75, 3.05) is 47.1 Å². The Balaban J connectivity index is 1.80. The van der Waals surface area contributed by atoms with Crippen LogP contribution in [0, 0.1) is 0 Å². The first-order valence-electron chi connectivity index (χ1n) is 8.60. The van der Waals surface area contributed by atoms with Crippen LogP contribution < -0.4 is 14.2 Å². The maximum absolute atomic E-state index is 12.9. The second kappa shape index (κ2) is 9.03. The molecule has 1 N–H and O–H groups in total. The van der Waals surface area contributed by atoms with E-state index in [-0.39, 0.29) is 23.2 Å². The fourth-order valence-corrected chi connectivity index (χ4v) is 4.97. The van der Waals surface area contributed by atoms with Gasteiger partial charge in [-0.15, -0.1) is 0 Å². The van der Waals surface area contributed by atoms with Crippen LogP contribution in [-0.4, -0.2) is 60.4 Å². The van der Waals surface area contributed by atoms with Crippen LogP contribution in [0.5, 0.6) is 11.5 Å². The summed E-state index contributed by atoms with van der Waals surface area (Å²) in [5, 5.41) is 4.06. The number of rotatable bonds is 8. The SMILES string of the molecule is COc1ccc(S(=O)(=O)NCC(c2ccsc2)N2CCOCC2)c(OC)c1. The number of ether oxygens (including phenoxy) is 3. The van der Waals surface area contributed by atoms with Gasteiger partial charge in [0.25, 0.3) is 0 Å². The summed E-state index contributed by atoms with van der Waals surface area (Å²) in [6.45, 7) is 3.12. The predicted molar refractivity (Wildman–Crippen MR) is 104 cm³/mol. The van der Waals surface area contributed by atoms with E-state index < -0.39 is 10.0 Å². The molecule has 0 spiro atoms. The molecule has 1 atom stereocenters. The minimum absolute atomic E-state index is 0.0424. The molecule has 1 aromatic carbocycles. The number of morpholine rings is 1. The Bertz CT molecular complexity index is 833. The summed E-state index contributed by atoms with van der Waals surface area (Å²) in [4.78, 5) is 2.34. The van der Waals surface area contributed by atoms with Gasteiger partial charge in [-0.2, -0.15) is 11.3 Å². The fraction of sp³-hybridized carbons (Fsp3) is 0.444. The first kappa shape index (κ1) is 20.1. The van der Waals surface area contributed by atoms with Gasteiger partial charge in [-0.3, -0.25) is 4.90 Å². The van der Waals surface area contributed by atoms with Crippen molar-refractivity contribution in [2.45, 2.75) is 10.9 Å². The van der Waals surface area contributed by atoms with Gasteiger partial charge in [0.2, 0.25) is 10.0 Å². The third-order valence-electron chi connectivity index (χ3n) is 4.54. The van der Waals surface area contributed by atoms with Gasteiger partial charge < -0.3 is 14.2 Å². The molecule has 27 heavy (non-hydrogen) atoms. The van der Waals surface area contributed by atoms with E-state index in [0.717, 1.165) is 18.7 Å². The summed E-state index contributed by atoms with van der Waals surface area (Å²) in [5.41, 5.74) is 1.10. The van der Waals surface area contributed by atoms with Gasteiger partial charge in [-0.05, 0) is 34.5 Å². The van der Waals surface area contributed by atoms with Crippen LogP contribution in [0.2, 0.25) is 0 Å². The molecule has 0 saturated carbocycles. The van der Waals surface area contributed by atoms with Gasteiger partial charge in [-0.25, -0.2) is 13.1 Å². The maximum atomic E-state index is 12.9. The Hall–Kier alpha value is -1.65. The number of benzene rings is 1. The van der Waals surface area contributed by atoms with Crippen molar-refractivity contribution in [3.63, 3.8) is 0 Å². The number of methoxy groups -OCH3 is 2. The zero-order valence-corrected chi connectivity index (χ0v) is 17.0. The molecule has 1 unspecified atom stereocenters. The average molecular weight is 413 g/mol. The molecule has 1 fully saturated rings. The Morgan fingerprint density at radius 3 is 2.63 bits per heavy atom.